The lowest BCUT2D eigenvalue weighted by Crippen LogP contribution is -1.90. The number of methoxy groups -OCH3 is 1. The van der Waals surface area contributed by atoms with Gasteiger partial charge >= 0.3 is 0 Å². The zero-order chi connectivity index (χ0) is 11.7. The number of anilines is 1. The Morgan fingerprint density at radius 2 is 2.25 bits per heavy atom. The van der Waals surface area contributed by atoms with Crippen LogP contribution in [-0.2, 0) is 0 Å². The quantitative estimate of drug-likeness (QED) is 0.749. The molecule has 0 aliphatic rings. The van der Waals surface area contributed by atoms with Crippen molar-refractivity contribution in [3.05, 3.63) is 23.4 Å². The Kier molecular flexibility index (Phi) is 2.62. The fourth-order valence-electron chi connectivity index (χ4n) is 1.43. The number of nitrogens with one attached hydrogen (secondary N) is 1. The Morgan fingerprint density at radius 3 is 2.81 bits per heavy atom. The van der Waals surface area contributed by atoms with Crippen molar-refractivity contribution in [3.8, 4) is 22.8 Å². The first-order valence-electron chi connectivity index (χ1n) is 4.49. The van der Waals surface area contributed by atoms with Crippen molar-refractivity contribution >= 4 is 17.3 Å². The summed E-state index contributed by atoms with van der Waals surface area (Å²) < 4.78 is 4.99. The maximum absolute atomic E-state index is 9.92. The van der Waals surface area contributed by atoms with E-state index in [1.165, 1.54) is 19.4 Å². The molecule has 0 spiro atoms. The SMILES string of the molecule is COc1cc(Cl)cc(-c2[nH]ncc2N)c1O. The van der Waals surface area contributed by atoms with E-state index in [9.17, 15) is 5.11 Å². The van der Waals surface area contributed by atoms with Gasteiger partial charge in [-0.3, -0.25) is 5.10 Å². The summed E-state index contributed by atoms with van der Waals surface area (Å²) in [4.78, 5) is 0. The number of H-pyrrole nitrogens is 1. The van der Waals surface area contributed by atoms with Gasteiger partial charge in [-0.15, -0.1) is 0 Å². The van der Waals surface area contributed by atoms with Gasteiger partial charge in [-0.2, -0.15) is 5.10 Å². The highest BCUT2D eigenvalue weighted by Gasteiger charge is 2.15. The highest BCUT2D eigenvalue weighted by molar-refractivity contribution is 6.31. The van der Waals surface area contributed by atoms with Crippen LogP contribution in [0.25, 0.3) is 11.3 Å². The van der Waals surface area contributed by atoms with Crippen LogP contribution in [0.15, 0.2) is 18.3 Å². The number of phenolic OH excluding ortho intramolecular Hbond substituents is 1. The van der Waals surface area contributed by atoms with E-state index >= 15 is 0 Å². The Hall–Kier alpha value is -1.88. The lowest BCUT2D eigenvalue weighted by atomic mass is 10.1. The van der Waals surface area contributed by atoms with Crippen LogP contribution in [0, 0.1) is 0 Å². The van der Waals surface area contributed by atoms with Crippen LogP contribution in [-0.4, -0.2) is 22.4 Å². The summed E-state index contributed by atoms with van der Waals surface area (Å²) in [5.74, 6) is 0.263. The van der Waals surface area contributed by atoms with Gasteiger partial charge in [0.05, 0.1) is 24.7 Å². The normalized spacial score (nSPS) is 10.4. The van der Waals surface area contributed by atoms with Crippen molar-refractivity contribution in [3.63, 3.8) is 0 Å². The molecule has 5 nitrogen and oxygen atoms in total. The van der Waals surface area contributed by atoms with Crippen molar-refractivity contribution in [1.82, 2.24) is 10.2 Å². The Bertz CT molecular complexity index is 525. The number of phenols is 1. The number of nitrogens with two attached hydrogens (primary N) is 1. The summed E-state index contributed by atoms with van der Waals surface area (Å²) in [5, 5.41) is 16.8. The molecule has 0 amide bonds. The second kappa shape index (κ2) is 3.94. The van der Waals surface area contributed by atoms with E-state index in [4.69, 9.17) is 22.1 Å². The molecular weight excluding hydrogens is 230 g/mol. The molecule has 1 aromatic heterocycles. The predicted molar refractivity (Wildman–Crippen MR) is 61.7 cm³/mol. The van der Waals surface area contributed by atoms with Gasteiger partial charge in [0, 0.05) is 16.7 Å². The summed E-state index contributed by atoms with van der Waals surface area (Å²) >= 11 is 5.90. The van der Waals surface area contributed by atoms with E-state index in [2.05, 4.69) is 10.2 Å². The van der Waals surface area contributed by atoms with Gasteiger partial charge in [-0.05, 0) is 6.07 Å². The highest BCUT2D eigenvalue weighted by Crippen LogP contribution is 2.40. The molecule has 1 heterocycles. The zero-order valence-corrected chi connectivity index (χ0v) is 9.25. The van der Waals surface area contributed by atoms with Gasteiger partial charge in [0.1, 0.15) is 0 Å². The molecule has 0 bridgehead atoms. The van der Waals surface area contributed by atoms with Gasteiger partial charge in [-0.1, -0.05) is 11.6 Å². The average molecular weight is 240 g/mol. The van der Waals surface area contributed by atoms with Gasteiger partial charge in [0.25, 0.3) is 0 Å². The lowest BCUT2D eigenvalue weighted by Gasteiger charge is -2.09. The van der Waals surface area contributed by atoms with Crippen LogP contribution in [0.5, 0.6) is 11.5 Å². The number of halogens is 1. The predicted octanol–water partition coefficient (Wildman–Crippen LogP) is 2.03. The molecule has 4 N–H and O–H groups in total. The topological polar surface area (TPSA) is 84.2 Å². The molecular formula is C10H10ClN3O2. The number of hydrogen-bond acceptors (Lipinski definition) is 4. The number of hydrogen-bond donors (Lipinski definition) is 3. The number of aromatic nitrogens is 2. The van der Waals surface area contributed by atoms with E-state index in [0.717, 1.165) is 0 Å². The van der Waals surface area contributed by atoms with Crippen LogP contribution in [0.3, 0.4) is 0 Å². The molecule has 0 atom stereocenters. The molecule has 0 saturated heterocycles. The summed E-state index contributed by atoms with van der Waals surface area (Å²) in [6.45, 7) is 0. The number of ether oxygens (including phenoxy) is 1. The minimum atomic E-state index is -0.0251. The molecule has 2 rings (SSSR count). The highest BCUT2D eigenvalue weighted by atomic mass is 35.5. The second-order valence-electron chi connectivity index (χ2n) is 3.20. The maximum atomic E-state index is 9.92. The summed E-state index contributed by atoms with van der Waals surface area (Å²) in [5.41, 5.74) is 7.09. The number of nitrogen functional groups attached to an aromatic ring is 1. The van der Waals surface area contributed by atoms with E-state index in [0.29, 0.717) is 22.0 Å². The molecule has 0 unspecified atom stereocenters. The third kappa shape index (κ3) is 1.65. The summed E-state index contributed by atoms with van der Waals surface area (Å²) in [6.07, 6.45) is 1.46. The molecule has 0 saturated carbocycles. The number of rotatable bonds is 2. The van der Waals surface area contributed by atoms with Crippen LogP contribution >= 0.6 is 11.6 Å². The summed E-state index contributed by atoms with van der Waals surface area (Å²) in [7, 11) is 1.45. The van der Waals surface area contributed by atoms with Crippen LogP contribution < -0.4 is 10.5 Å². The van der Waals surface area contributed by atoms with Gasteiger partial charge < -0.3 is 15.6 Å². The lowest BCUT2D eigenvalue weighted by molar-refractivity contribution is 0.374. The first-order chi connectivity index (χ1) is 7.63. The monoisotopic (exact) mass is 239 g/mol. The Balaban J connectivity index is 2.65. The molecule has 0 radical (unpaired) electrons. The Labute approximate surface area is 96.8 Å². The largest absolute Gasteiger partial charge is 0.504 e. The molecule has 6 heteroatoms. The number of nitrogens with zero attached hydrogens (tertiary/aromatic N) is 1. The maximum Gasteiger partial charge on any atom is 0.167 e. The van der Waals surface area contributed by atoms with Gasteiger partial charge in [0.15, 0.2) is 11.5 Å². The van der Waals surface area contributed by atoms with Crippen molar-refractivity contribution in [1.29, 1.82) is 0 Å². The van der Waals surface area contributed by atoms with Crippen LogP contribution in [0.2, 0.25) is 5.02 Å². The first kappa shape index (κ1) is 10.6. The summed E-state index contributed by atoms with van der Waals surface area (Å²) in [6, 6.07) is 3.11. The van der Waals surface area contributed by atoms with Crippen LogP contribution in [0.1, 0.15) is 0 Å². The molecule has 2 aromatic rings. The van der Waals surface area contributed by atoms with Crippen molar-refractivity contribution in [2.75, 3.05) is 12.8 Å². The van der Waals surface area contributed by atoms with Crippen molar-refractivity contribution < 1.29 is 9.84 Å². The van der Waals surface area contributed by atoms with Crippen molar-refractivity contribution in [2.45, 2.75) is 0 Å². The van der Waals surface area contributed by atoms with E-state index in [1.54, 1.807) is 6.07 Å². The number of aromatic hydroxyl groups is 1. The number of aromatic amines is 1. The van der Waals surface area contributed by atoms with Gasteiger partial charge in [0.2, 0.25) is 0 Å². The average Bonchev–Trinajstić information content (AvgIpc) is 2.67. The minimum absolute atomic E-state index is 0.0251. The molecule has 84 valence electrons. The fraction of sp³-hybridized carbons (Fsp3) is 0.100. The van der Waals surface area contributed by atoms with Gasteiger partial charge in [-0.25, -0.2) is 0 Å². The third-order valence-corrected chi connectivity index (χ3v) is 2.42. The van der Waals surface area contributed by atoms with E-state index in [1.807, 2.05) is 0 Å². The molecule has 0 aliphatic carbocycles. The standard InChI is InChI=1S/C10H10ClN3O2/c1-16-8-3-5(11)2-6(10(8)15)9-7(12)4-13-14-9/h2-4,15H,12H2,1H3,(H,13,14). The molecule has 16 heavy (non-hydrogen) atoms. The molecule has 0 fully saturated rings. The third-order valence-electron chi connectivity index (χ3n) is 2.20. The van der Waals surface area contributed by atoms with E-state index in [-0.39, 0.29) is 11.5 Å². The Morgan fingerprint density at radius 1 is 1.50 bits per heavy atom. The van der Waals surface area contributed by atoms with E-state index < -0.39 is 0 Å². The number of benzene rings is 1. The molecule has 0 aliphatic heterocycles. The smallest absolute Gasteiger partial charge is 0.167 e. The second-order valence-corrected chi connectivity index (χ2v) is 3.64. The zero-order valence-electron chi connectivity index (χ0n) is 8.49. The molecule has 1 aromatic carbocycles. The van der Waals surface area contributed by atoms with Crippen LogP contribution in [0.4, 0.5) is 5.69 Å². The van der Waals surface area contributed by atoms with Crippen molar-refractivity contribution in [2.24, 2.45) is 0 Å². The first-order valence-corrected chi connectivity index (χ1v) is 4.87. The minimum Gasteiger partial charge on any atom is -0.504 e. The fourth-order valence-corrected chi connectivity index (χ4v) is 1.64.